The Morgan fingerprint density at radius 3 is 3.17 bits per heavy atom. The second kappa shape index (κ2) is 3.39. The van der Waals surface area contributed by atoms with E-state index >= 15 is 0 Å². The molecule has 0 amide bonds. The summed E-state index contributed by atoms with van der Waals surface area (Å²) < 4.78 is 1.93. The molecule has 0 unspecified atom stereocenters. The molecule has 2 aromatic heterocycles. The fraction of sp³-hybridized carbons (Fsp3) is 0. The average molecular weight is 312 g/mol. The van der Waals surface area contributed by atoms with Gasteiger partial charge in [0, 0.05) is 48.1 Å². The van der Waals surface area contributed by atoms with Crippen LogP contribution in [0.15, 0.2) is 18.5 Å². The second-order valence-corrected chi connectivity index (χ2v) is 4.18. The molecule has 12 heavy (non-hydrogen) atoms. The number of halogens is 2. The van der Waals surface area contributed by atoms with E-state index in [4.69, 9.17) is 11.6 Å². The molecule has 0 aliphatic carbocycles. The fourth-order valence-electron chi connectivity index (χ4n) is 0.930. The molecule has 0 saturated carbocycles. The van der Waals surface area contributed by atoms with Crippen LogP contribution >= 0.6 is 41.9 Å². The Balaban J connectivity index is 2.75. The van der Waals surface area contributed by atoms with E-state index in [0.29, 0.717) is 0 Å². The summed E-state index contributed by atoms with van der Waals surface area (Å²) in [5.74, 6) is 0. The zero-order valence-corrected chi connectivity index (χ0v) is 9.47. The number of aromatic nitrogens is 3. The smallest absolute Gasteiger partial charge is 0.224 e. The number of hydrogen-bond donors (Lipinski definition) is 0. The van der Waals surface area contributed by atoms with Gasteiger partial charge >= 0.3 is 0 Å². The van der Waals surface area contributed by atoms with Crippen LogP contribution in [0.3, 0.4) is 0 Å². The van der Waals surface area contributed by atoms with Gasteiger partial charge in [0.2, 0.25) is 5.28 Å². The summed E-state index contributed by atoms with van der Waals surface area (Å²) in [6.45, 7) is 0. The number of nitrogens with zero attached hydrogens (tertiary/aromatic N) is 3. The van der Waals surface area contributed by atoms with Crippen LogP contribution in [0.25, 0.3) is 11.0 Å². The lowest BCUT2D eigenvalue weighted by atomic mass is 10.4. The van der Waals surface area contributed by atoms with Crippen LogP contribution in [-0.2, 0) is 0 Å². The second-order valence-electron chi connectivity index (χ2n) is 2.13. The van der Waals surface area contributed by atoms with Gasteiger partial charge in [0.15, 0.2) is 5.65 Å². The van der Waals surface area contributed by atoms with Gasteiger partial charge in [0.05, 0.1) is 0 Å². The van der Waals surface area contributed by atoms with E-state index in [0.717, 1.165) is 11.0 Å². The molecule has 3 nitrogen and oxygen atoms in total. The molecule has 2 heterocycles. The van der Waals surface area contributed by atoms with Crippen LogP contribution in [-0.4, -0.2) is 13.9 Å². The molecular formula is C6H3ClIN3S. The minimum Gasteiger partial charge on any atom is -0.266 e. The summed E-state index contributed by atoms with van der Waals surface area (Å²) >= 11 is 7.84. The lowest BCUT2D eigenvalue weighted by Crippen LogP contribution is -1.86. The van der Waals surface area contributed by atoms with Crippen molar-refractivity contribution in [1.82, 2.24) is 13.9 Å². The van der Waals surface area contributed by atoms with E-state index < -0.39 is 0 Å². The van der Waals surface area contributed by atoms with E-state index in [2.05, 4.69) is 31.2 Å². The normalized spacial score (nSPS) is 10.8. The predicted molar refractivity (Wildman–Crippen MR) is 59.5 cm³/mol. The Labute approximate surface area is 90.2 Å². The Bertz CT molecular complexity index is 416. The largest absolute Gasteiger partial charge is 0.266 e. The van der Waals surface area contributed by atoms with Crippen LogP contribution in [0, 0.1) is 0 Å². The van der Waals surface area contributed by atoms with E-state index in [1.807, 2.05) is 16.2 Å². The van der Waals surface area contributed by atoms with Crippen molar-refractivity contribution in [3.8, 4) is 0 Å². The summed E-state index contributed by atoms with van der Waals surface area (Å²) in [5.41, 5.74) is 0.856. The number of hydrogen-bond acceptors (Lipinski definition) is 3. The molecule has 2 rings (SSSR count). The molecule has 0 saturated heterocycles. The zero-order valence-electron chi connectivity index (χ0n) is 5.74. The first-order chi connectivity index (χ1) is 5.81. The Morgan fingerprint density at radius 1 is 1.58 bits per heavy atom. The van der Waals surface area contributed by atoms with Gasteiger partial charge in [-0.3, -0.25) is 3.97 Å². The maximum Gasteiger partial charge on any atom is 0.224 e. The van der Waals surface area contributed by atoms with Gasteiger partial charge in [-0.05, 0) is 17.7 Å². The van der Waals surface area contributed by atoms with Crippen LogP contribution < -0.4 is 0 Å². The molecular weight excluding hydrogens is 309 g/mol. The van der Waals surface area contributed by atoms with Gasteiger partial charge in [0.1, 0.15) is 0 Å². The van der Waals surface area contributed by atoms with Crippen LogP contribution in [0.2, 0.25) is 5.28 Å². The summed E-state index contributed by atoms with van der Waals surface area (Å²) in [5, 5.41) is 1.29. The van der Waals surface area contributed by atoms with Crippen molar-refractivity contribution in [3.63, 3.8) is 0 Å². The van der Waals surface area contributed by atoms with Crippen LogP contribution in [0.1, 0.15) is 0 Å². The van der Waals surface area contributed by atoms with Gasteiger partial charge in [-0.25, -0.2) is 4.98 Å². The fourth-order valence-corrected chi connectivity index (χ4v) is 2.33. The molecule has 0 radical (unpaired) electrons. The average Bonchev–Trinajstić information content (AvgIpc) is 2.46. The summed E-state index contributed by atoms with van der Waals surface area (Å²) in [6, 6.07) is 1.96. The van der Waals surface area contributed by atoms with Gasteiger partial charge in [0.25, 0.3) is 0 Å². The van der Waals surface area contributed by atoms with Gasteiger partial charge in [-0.1, -0.05) is 0 Å². The zero-order chi connectivity index (χ0) is 8.55. The van der Waals surface area contributed by atoms with Crippen LogP contribution in [0.5, 0.6) is 0 Å². The Hall–Kier alpha value is -0.0100. The molecule has 0 atom stereocenters. The molecule has 0 aliphatic heterocycles. The molecule has 6 heteroatoms. The highest BCUT2D eigenvalue weighted by Crippen LogP contribution is 2.23. The number of fused-ring (bicyclic) bond motifs is 1. The van der Waals surface area contributed by atoms with Gasteiger partial charge in [-0.15, -0.1) is 0 Å². The van der Waals surface area contributed by atoms with Gasteiger partial charge < -0.3 is 0 Å². The highest BCUT2D eigenvalue weighted by molar-refractivity contribution is 14.2. The van der Waals surface area contributed by atoms with Crippen LogP contribution in [0.4, 0.5) is 0 Å². The first-order valence-electron chi connectivity index (χ1n) is 3.10. The monoisotopic (exact) mass is 311 g/mol. The minimum absolute atomic E-state index is 0.285. The van der Waals surface area contributed by atoms with E-state index in [9.17, 15) is 0 Å². The first-order valence-corrected chi connectivity index (χ1v) is 6.79. The van der Waals surface area contributed by atoms with Crippen molar-refractivity contribution in [3.05, 3.63) is 23.7 Å². The minimum atomic E-state index is 0.285. The molecule has 0 spiro atoms. The molecule has 0 aliphatic rings. The SMILES string of the molecule is Clc1ncc2ccn(SI)c2n1. The van der Waals surface area contributed by atoms with E-state index in [1.54, 1.807) is 15.3 Å². The number of rotatable bonds is 1. The predicted octanol–water partition coefficient (Wildman–Crippen LogP) is 2.93. The van der Waals surface area contributed by atoms with Crippen molar-refractivity contribution >= 4 is 53.0 Å². The van der Waals surface area contributed by atoms with Crippen molar-refractivity contribution < 1.29 is 0 Å². The topological polar surface area (TPSA) is 30.7 Å². The van der Waals surface area contributed by atoms with Crippen molar-refractivity contribution in [2.45, 2.75) is 0 Å². The molecule has 62 valence electrons. The Morgan fingerprint density at radius 2 is 2.42 bits per heavy atom. The third-order valence-corrected chi connectivity index (χ3v) is 3.34. The van der Waals surface area contributed by atoms with E-state index in [-0.39, 0.29) is 5.28 Å². The third-order valence-electron chi connectivity index (χ3n) is 1.44. The molecule has 0 aromatic carbocycles. The third kappa shape index (κ3) is 1.40. The first kappa shape index (κ1) is 8.58. The van der Waals surface area contributed by atoms with E-state index in [1.165, 1.54) is 0 Å². The lowest BCUT2D eigenvalue weighted by Gasteiger charge is -1.95. The summed E-state index contributed by atoms with van der Waals surface area (Å²) in [6.07, 6.45) is 3.65. The maximum absolute atomic E-state index is 5.66. The van der Waals surface area contributed by atoms with Crippen molar-refractivity contribution in [1.29, 1.82) is 0 Å². The van der Waals surface area contributed by atoms with Gasteiger partial charge in [-0.2, -0.15) is 4.98 Å². The lowest BCUT2D eigenvalue weighted by molar-refractivity contribution is 1.18. The molecule has 0 N–H and O–H groups in total. The molecule has 0 bridgehead atoms. The summed E-state index contributed by atoms with van der Waals surface area (Å²) in [4.78, 5) is 7.98. The standard InChI is InChI=1S/C6H3ClIN3S/c7-6-9-3-4-1-2-11(12-8)5(4)10-6/h1-3H. The molecule has 0 fully saturated rings. The molecule has 2 aromatic rings. The summed E-state index contributed by atoms with van der Waals surface area (Å²) in [7, 11) is 1.55. The van der Waals surface area contributed by atoms with Crippen molar-refractivity contribution in [2.75, 3.05) is 0 Å². The highest BCUT2D eigenvalue weighted by atomic mass is 127. The highest BCUT2D eigenvalue weighted by Gasteiger charge is 2.02. The van der Waals surface area contributed by atoms with Crippen molar-refractivity contribution in [2.24, 2.45) is 0 Å². The quantitative estimate of drug-likeness (QED) is 0.599. The maximum atomic E-state index is 5.66. The Kier molecular flexibility index (Phi) is 2.42.